The molecule has 0 aliphatic heterocycles. The number of alkyl halides is 3. The van der Waals surface area contributed by atoms with Crippen LogP contribution in [0, 0.1) is 27.9 Å². The molecule has 4 bridgehead atoms. The van der Waals surface area contributed by atoms with Crippen LogP contribution in [0.25, 0.3) is 0 Å². The molecule has 0 unspecified atom stereocenters. The lowest BCUT2D eigenvalue weighted by atomic mass is 9.53. The minimum absolute atomic E-state index is 0.103. The van der Waals surface area contributed by atoms with Gasteiger partial charge in [-0.3, -0.25) is 14.9 Å². The van der Waals surface area contributed by atoms with Gasteiger partial charge in [0.1, 0.15) is 0 Å². The maximum absolute atomic E-state index is 13.3. The molecule has 5 rings (SSSR count). The minimum atomic E-state index is -4.81. The molecule has 4 saturated carbocycles. The lowest BCUT2D eigenvalue weighted by molar-refractivity contribution is -0.385. The summed E-state index contributed by atoms with van der Waals surface area (Å²) >= 11 is 0. The number of hydrogen-bond acceptors (Lipinski definition) is 4. The van der Waals surface area contributed by atoms with Gasteiger partial charge in [-0.2, -0.15) is 13.2 Å². The standard InChI is InChI=1S/C20H24F3N3O3/c1-11(25-19-8-12-4-13(9-19)6-14(5-12)10-19)18(27)24-17-3-2-15(26(28)29)7-16(17)20(21,22)23/h2-3,7,11-14,25H,4-6,8-10H2,1H3,(H,24,27)/t11-,12?,13?,14?,19?/m0/s1. The summed E-state index contributed by atoms with van der Waals surface area (Å²) in [6.07, 6.45) is 1.98. The molecule has 29 heavy (non-hydrogen) atoms. The second-order valence-corrected chi connectivity index (χ2v) is 9.04. The molecule has 1 aromatic rings. The van der Waals surface area contributed by atoms with Crippen molar-refractivity contribution in [2.45, 2.75) is 63.2 Å². The van der Waals surface area contributed by atoms with Gasteiger partial charge in [-0.05, 0) is 69.3 Å². The number of nitrogens with one attached hydrogen (secondary N) is 2. The van der Waals surface area contributed by atoms with E-state index >= 15 is 0 Å². The highest BCUT2D eigenvalue weighted by Gasteiger charge is 2.51. The Labute approximate surface area is 166 Å². The molecule has 1 amide bonds. The molecule has 0 spiro atoms. The molecular weight excluding hydrogens is 387 g/mol. The molecule has 1 atom stereocenters. The topological polar surface area (TPSA) is 84.3 Å². The Morgan fingerprint density at radius 1 is 1.17 bits per heavy atom. The van der Waals surface area contributed by atoms with Crippen LogP contribution in [0.5, 0.6) is 0 Å². The second-order valence-electron chi connectivity index (χ2n) is 9.04. The fourth-order valence-electron chi connectivity index (χ4n) is 6.04. The molecule has 0 radical (unpaired) electrons. The zero-order valence-electron chi connectivity index (χ0n) is 16.1. The van der Waals surface area contributed by atoms with Gasteiger partial charge in [0.15, 0.2) is 0 Å². The smallest absolute Gasteiger partial charge is 0.324 e. The van der Waals surface area contributed by atoms with Gasteiger partial charge in [-0.25, -0.2) is 0 Å². The van der Waals surface area contributed by atoms with Gasteiger partial charge in [-0.15, -0.1) is 0 Å². The summed E-state index contributed by atoms with van der Waals surface area (Å²) in [5, 5.41) is 16.6. The summed E-state index contributed by atoms with van der Waals surface area (Å²) in [5.41, 5.74) is -2.46. The minimum Gasteiger partial charge on any atom is -0.324 e. The first kappa shape index (κ1) is 20.1. The number of nitro groups is 1. The third kappa shape index (κ3) is 3.97. The largest absolute Gasteiger partial charge is 0.418 e. The van der Waals surface area contributed by atoms with Gasteiger partial charge < -0.3 is 10.6 Å². The summed E-state index contributed by atoms with van der Waals surface area (Å²) in [5.74, 6) is 1.46. The lowest BCUT2D eigenvalue weighted by Crippen LogP contribution is -2.62. The van der Waals surface area contributed by atoms with Gasteiger partial charge in [0, 0.05) is 17.7 Å². The van der Waals surface area contributed by atoms with Crippen molar-refractivity contribution in [2.75, 3.05) is 5.32 Å². The molecule has 4 aliphatic carbocycles. The van der Waals surface area contributed by atoms with Crippen molar-refractivity contribution in [3.05, 3.63) is 33.9 Å². The number of hydrogen-bond donors (Lipinski definition) is 2. The lowest BCUT2D eigenvalue weighted by Gasteiger charge is -2.57. The van der Waals surface area contributed by atoms with E-state index in [9.17, 15) is 28.1 Å². The van der Waals surface area contributed by atoms with E-state index in [2.05, 4.69) is 10.6 Å². The Morgan fingerprint density at radius 2 is 1.72 bits per heavy atom. The Kier molecular flexibility index (Phi) is 4.83. The number of halogens is 3. The van der Waals surface area contributed by atoms with Crippen molar-refractivity contribution >= 4 is 17.3 Å². The van der Waals surface area contributed by atoms with Crippen molar-refractivity contribution in [1.29, 1.82) is 0 Å². The summed E-state index contributed by atoms with van der Waals surface area (Å²) < 4.78 is 40.0. The quantitative estimate of drug-likeness (QED) is 0.552. The van der Waals surface area contributed by atoms with Gasteiger partial charge >= 0.3 is 6.18 Å². The zero-order valence-corrected chi connectivity index (χ0v) is 16.1. The van der Waals surface area contributed by atoms with E-state index in [4.69, 9.17) is 0 Å². The summed E-state index contributed by atoms with van der Waals surface area (Å²) in [4.78, 5) is 22.6. The molecule has 9 heteroatoms. The number of anilines is 1. The van der Waals surface area contributed by atoms with Gasteiger partial charge in [0.05, 0.1) is 22.2 Å². The maximum Gasteiger partial charge on any atom is 0.418 e. The van der Waals surface area contributed by atoms with Crippen molar-refractivity contribution in [3.63, 3.8) is 0 Å². The van der Waals surface area contributed by atoms with Gasteiger partial charge in [0.2, 0.25) is 5.91 Å². The Balaban J connectivity index is 1.49. The first-order valence-electron chi connectivity index (χ1n) is 9.99. The number of rotatable bonds is 5. The number of benzene rings is 1. The molecule has 4 fully saturated rings. The molecule has 0 saturated heterocycles. The highest BCUT2D eigenvalue weighted by atomic mass is 19.4. The van der Waals surface area contributed by atoms with E-state index in [0.717, 1.165) is 31.4 Å². The number of nitro benzene ring substituents is 1. The molecule has 6 nitrogen and oxygen atoms in total. The van der Waals surface area contributed by atoms with Crippen molar-refractivity contribution in [3.8, 4) is 0 Å². The van der Waals surface area contributed by atoms with Crippen LogP contribution in [0.3, 0.4) is 0 Å². The fraction of sp³-hybridized carbons (Fsp3) is 0.650. The number of amides is 1. The van der Waals surface area contributed by atoms with Crippen LogP contribution in [-0.2, 0) is 11.0 Å². The van der Waals surface area contributed by atoms with E-state index in [0.29, 0.717) is 23.8 Å². The Hall–Kier alpha value is -2.16. The van der Waals surface area contributed by atoms with Crippen LogP contribution in [0.4, 0.5) is 24.5 Å². The van der Waals surface area contributed by atoms with Crippen molar-refractivity contribution < 1.29 is 22.9 Å². The Bertz CT molecular complexity index is 805. The van der Waals surface area contributed by atoms with Gasteiger partial charge in [0.25, 0.3) is 5.69 Å². The third-order valence-corrected chi connectivity index (χ3v) is 6.73. The predicted molar refractivity (Wildman–Crippen MR) is 100 cm³/mol. The number of carbonyl (C=O) groups excluding carboxylic acids is 1. The first-order valence-corrected chi connectivity index (χ1v) is 9.99. The molecule has 1 aromatic carbocycles. The SMILES string of the molecule is C[C@H](NC12CC3CC(CC(C3)C1)C2)C(=O)Nc1ccc([N+](=O)[O-])cc1C(F)(F)F. The monoisotopic (exact) mass is 411 g/mol. The summed E-state index contributed by atoms with van der Waals surface area (Å²) in [6, 6.07) is 1.69. The number of carbonyl (C=O) groups is 1. The average Bonchev–Trinajstić information content (AvgIpc) is 2.59. The Morgan fingerprint density at radius 3 is 2.21 bits per heavy atom. The number of nitrogens with zero attached hydrogens (tertiary/aromatic N) is 1. The van der Waals surface area contributed by atoms with Gasteiger partial charge in [-0.1, -0.05) is 0 Å². The highest BCUT2D eigenvalue weighted by molar-refractivity contribution is 5.95. The predicted octanol–water partition coefficient (Wildman–Crippen LogP) is 4.50. The van der Waals surface area contributed by atoms with Crippen LogP contribution >= 0.6 is 0 Å². The van der Waals surface area contributed by atoms with Crippen LogP contribution in [0.1, 0.15) is 51.0 Å². The molecule has 2 N–H and O–H groups in total. The molecule has 0 heterocycles. The fourth-order valence-corrected chi connectivity index (χ4v) is 6.04. The second kappa shape index (κ2) is 6.97. The van der Waals surface area contributed by atoms with Crippen LogP contribution in [-0.4, -0.2) is 22.4 Å². The van der Waals surface area contributed by atoms with Crippen LogP contribution in [0.15, 0.2) is 18.2 Å². The van der Waals surface area contributed by atoms with Crippen LogP contribution < -0.4 is 10.6 Å². The van der Waals surface area contributed by atoms with E-state index in [1.165, 1.54) is 19.3 Å². The number of non-ortho nitro benzene ring substituents is 1. The van der Waals surface area contributed by atoms with Crippen LogP contribution in [0.2, 0.25) is 0 Å². The summed E-state index contributed by atoms with van der Waals surface area (Å²) in [7, 11) is 0. The van der Waals surface area contributed by atoms with E-state index in [1.54, 1.807) is 6.92 Å². The van der Waals surface area contributed by atoms with E-state index < -0.39 is 40.0 Å². The molecule has 0 aromatic heterocycles. The zero-order chi connectivity index (χ0) is 21.0. The average molecular weight is 411 g/mol. The molecule has 158 valence electrons. The third-order valence-electron chi connectivity index (χ3n) is 6.73. The van der Waals surface area contributed by atoms with E-state index in [-0.39, 0.29) is 5.54 Å². The summed E-state index contributed by atoms with van der Waals surface area (Å²) in [6.45, 7) is 1.66. The highest BCUT2D eigenvalue weighted by Crippen LogP contribution is 2.55. The van der Waals surface area contributed by atoms with Crippen molar-refractivity contribution in [1.82, 2.24) is 5.32 Å². The first-order chi connectivity index (χ1) is 13.5. The molecular formula is C20H24F3N3O3. The molecule has 4 aliphatic rings. The van der Waals surface area contributed by atoms with E-state index in [1.807, 2.05) is 0 Å². The van der Waals surface area contributed by atoms with Crippen molar-refractivity contribution in [2.24, 2.45) is 17.8 Å². The normalized spacial score (nSPS) is 31.5. The maximum atomic E-state index is 13.3.